The van der Waals surface area contributed by atoms with Crippen molar-refractivity contribution in [2.75, 3.05) is 18.1 Å². The highest BCUT2D eigenvalue weighted by atomic mass is 32.2. The fourth-order valence-electron chi connectivity index (χ4n) is 2.34. The van der Waals surface area contributed by atoms with Crippen molar-refractivity contribution in [3.05, 3.63) is 35.9 Å². The zero-order valence-corrected chi connectivity index (χ0v) is 10.2. The standard InChI is InChI=1S/C12H17NO2S/c1-2-13-12-9-16(14,15)8-11(12)10-6-4-3-5-7-10/h3-7,11-13H,2,8-9H2,1H3/t11-,12-/m1/s1. The van der Waals surface area contributed by atoms with Crippen molar-refractivity contribution in [2.24, 2.45) is 0 Å². The summed E-state index contributed by atoms with van der Waals surface area (Å²) in [6.45, 7) is 2.82. The lowest BCUT2D eigenvalue weighted by Gasteiger charge is -2.18. The second-order valence-electron chi connectivity index (χ2n) is 4.26. The monoisotopic (exact) mass is 239 g/mol. The number of rotatable bonds is 3. The van der Waals surface area contributed by atoms with Crippen molar-refractivity contribution in [3.8, 4) is 0 Å². The van der Waals surface area contributed by atoms with E-state index in [1.165, 1.54) is 0 Å². The van der Waals surface area contributed by atoms with Gasteiger partial charge in [-0.2, -0.15) is 0 Å². The summed E-state index contributed by atoms with van der Waals surface area (Å²) < 4.78 is 23.3. The maximum atomic E-state index is 11.7. The van der Waals surface area contributed by atoms with Crippen LogP contribution < -0.4 is 5.32 Å². The van der Waals surface area contributed by atoms with Crippen molar-refractivity contribution < 1.29 is 8.42 Å². The van der Waals surface area contributed by atoms with E-state index in [9.17, 15) is 8.42 Å². The highest BCUT2D eigenvalue weighted by Gasteiger charge is 2.37. The van der Waals surface area contributed by atoms with Crippen LogP contribution in [0.5, 0.6) is 0 Å². The summed E-state index contributed by atoms with van der Waals surface area (Å²) in [6, 6.07) is 9.96. The number of benzene rings is 1. The molecule has 1 heterocycles. The Morgan fingerprint density at radius 2 is 1.94 bits per heavy atom. The Hall–Kier alpha value is -0.870. The molecule has 2 rings (SSSR count). The van der Waals surface area contributed by atoms with Gasteiger partial charge in [-0.25, -0.2) is 8.42 Å². The summed E-state index contributed by atoms with van der Waals surface area (Å²) in [6.07, 6.45) is 0. The highest BCUT2D eigenvalue weighted by molar-refractivity contribution is 7.91. The molecule has 0 amide bonds. The third-order valence-electron chi connectivity index (χ3n) is 3.05. The van der Waals surface area contributed by atoms with E-state index in [2.05, 4.69) is 5.32 Å². The normalized spacial score (nSPS) is 28.1. The molecule has 2 atom stereocenters. The van der Waals surface area contributed by atoms with Crippen LogP contribution in [-0.2, 0) is 9.84 Å². The molecular formula is C12H17NO2S. The van der Waals surface area contributed by atoms with Crippen LogP contribution in [0, 0.1) is 0 Å². The molecular weight excluding hydrogens is 222 g/mol. The molecule has 3 nitrogen and oxygen atoms in total. The maximum Gasteiger partial charge on any atom is 0.152 e. The molecule has 0 saturated carbocycles. The third-order valence-corrected chi connectivity index (χ3v) is 4.78. The molecule has 0 spiro atoms. The van der Waals surface area contributed by atoms with Crippen molar-refractivity contribution in [1.82, 2.24) is 5.32 Å². The van der Waals surface area contributed by atoms with E-state index in [1.54, 1.807) is 0 Å². The molecule has 0 radical (unpaired) electrons. The second kappa shape index (κ2) is 4.55. The SMILES string of the molecule is CCN[C@@H]1CS(=O)(=O)C[C@@H]1c1ccccc1. The van der Waals surface area contributed by atoms with Gasteiger partial charge in [-0.1, -0.05) is 37.3 Å². The molecule has 0 unspecified atom stereocenters. The van der Waals surface area contributed by atoms with E-state index >= 15 is 0 Å². The van der Waals surface area contributed by atoms with Crippen molar-refractivity contribution in [2.45, 2.75) is 18.9 Å². The molecule has 0 aliphatic carbocycles. The molecule has 1 aromatic carbocycles. The molecule has 1 aliphatic rings. The zero-order chi connectivity index (χ0) is 11.6. The summed E-state index contributed by atoms with van der Waals surface area (Å²) >= 11 is 0. The molecule has 16 heavy (non-hydrogen) atoms. The van der Waals surface area contributed by atoms with E-state index in [4.69, 9.17) is 0 Å². The predicted molar refractivity (Wildman–Crippen MR) is 65.3 cm³/mol. The smallest absolute Gasteiger partial charge is 0.152 e. The Bertz CT molecular complexity index is 441. The average molecular weight is 239 g/mol. The highest BCUT2D eigenvalue weighted by Crippen LogP contribution is 2.29. The van der Waals surface area contributed by atoms with Gasteiger partial charge in [0.2, 0.25) is 0 Å². The number of nitrogens with one attached hydrogen (secondary N) is 1. The van der Waals surface area contributed by atoms with Crippen molar-refractivity contribution >= 4 is 9.84 Å². The lowest BCUT2D eigenvalue weighted by Crippen LogP contribution is -2.34. The Balaban J connectivity index is 2.26. The summed E-state index contributed by atoms with van der Waals surface area (Å²) in [5.41, 5.74) is 1.12. The van der Waals surface area contributed by atoms with Gasteiger partial charge in [-0.15, -0.1) is 0 Å². The van der Waals surface area contributed by atoms with Crippen LogP contribution in [0.25, 0.3) is 0 Å². The summed E-state index contributed by atoms with van der Waals surface area (Å²) in [7, 11) is -2.88. The molecule has 4 heteroatoms. The van der Waals surface area contributed by atoms with Crippen LogP contribution >= 0.6 is 0 Å². The second-order valence-corrected chi connectivity index (χ2v) is 6.41. The molecule has 1 saturated heterocycles. The molecule has 0 bridgehead atoms. The van der Waals surface area contributed by atoms with Gasteiger partial charge >= 0.3 is 0 Å². The molecule has 1 aliphatic heterocycles. The first-order valence-electron chi connectivity index (χ1n) is 5.61. The molecule has 88 valence electrons. The van der Waals surface area contributed by atoms with Gasteiger partial charge in [-0.3, -0.25) is 0 Å². The largest absolute Gasteiger partial charge is 0.313 e. The van der Waals surface area contributed by atoms with Crippen molar-refractivity contribution in [3.63, 3.8) is 0 Å². The molecule has 1 aromatic rings. The molecule has 1 fully saturated rings. The van der Waals surface area contributed by atoms with Crippen molar-refractivity contribution in [1.29, 1.82) is 0 Å². The van der Waals surface area contributed by atoms with Crippen LogP contribution in [-0.4, -0.2) is 32.5 Å². The van der Waals surface area contributed by atoms with Crippen LogP contribution in [0.2, 0.25) is 0 Å². The fraction of sp³-hybridized carbons (Fsp3) is 0.500. The van der Waals surface area contributed by atoms with Gasteiger partial charge in [0.15, 0.2) is 9.84 Å². The van der Waals surface area contributed by atoms with E-state index in [-0.39, 0.29) is 23.5 Å². The maximum absolute atomic E-state index is 11.7. The van der Waals surface area contributed by atoms with Gasteiger partial charge in [0.05, 0.1) is 11.5 Å². The Labute approximate surface area is 96.8 Å². The summed E-state index contributed by atoms with van der Waals surface area (Å²) in [4.78, 5) is 0. The third kappa shape index (κ3) is 2.44. The minimum Gasteiger partial charge on any atom is -0.313 e. The topological polar surface area (TPSA) is 46.2 Å². The number of hydrogen-bond acceptors (Lipinski definition) is 3. The number of hydrogen-bond donors (Lipinski definition) is 1. The van der Waals surface area contributed by atoms with Gasteiger partial charge in [-0.05, 0) is 12.1 Å². The first kappa shape index (κ1) is 11.6. The Morgan fingerprint density at radius 1 is 1.25 bits per heavy atom. The van der Waals surface area contributed by atoms with Crippen LogP contribution in [0.1, 0.15) is 18.4 Å². The average Bonchev–Trinajstić information content (AvgIpc) is 2.56. The first-order valence-corrected chi connectivity index (χ1v) is 7.43. The van der Waals surface area contributed by atoms with E-state index in [1.807, 2.05) is 37.3 Å². The van der Waals surface area contributed by atoms with Gasteiger partial charge in [0.25, 0.3) is 0 Å². The van der Waals surface area contributed by atoms with E-state index < -0.39 is 9.84 Å². The number of sulfone groups is 1. The zero-order valence-electron chi connectivity index (χ0n) is 9.39. The Kier molecular flexibility index (Phi) is 3.30. The van der Waals surface area contributed by atoms with Crippen LogP contribution in [0.4, 0.5) is 0 Å². The fourth-order valence-corrected chi connectivity index (χ4v) is 4.34. The van der Waals surface area contributed by atoms with E-state index in [0.29, 0.717) is 0 Å². The molecule has 1 N–H and O–H groups in total. The Morgan fingerprint density at radius 3 is 2.56 bits per heavy atom. The predicted octanol–water partition coefficient (Wildman–Crippen LogP) is 1.18. The van der Waals surface area contributed by atoms with Gasteiger partial charge < -0.3 is 5.32 Å². The van der Waals surface area contributed by atoms with Gasteiger partial charge in [0.1, 0.15) is 0 Å². The minimum atomic E-state index is -2.88. The lowest BCUT2D eigenvalue weighted by molar-refractivity contribution is 0.522. The van der Waals surface area contributed by atoms with Crippen LogP contribution in [0.3, 0.4) is 0 Å². The van der Waals surface area contributed by atoms with Crippen LogP contribution in [0.15, 0.2) is 30.3 Å². The molecule has 0 aromatic heterocycles. The van der Waals surface area contributed by atoms with E-state index in [0.717, 1.165) is 12.1 Å². The van der Waals surface area contributed by atoms with Gasteiger partial charge in [0, 0.05) is 12.0 Å². The summed E-state index contributed by atoms with van der Waals surface area (Å²) in [5.74, 6) is 0.640. The lowest BCUT2D eigenvalue weighted by atomic mass is 9.94. The quantitative estimate of drug-likeness (QED) is 0.861. The number of likely N-dealkylation sites (N-methyl/N-ethyl adjacent to an activating group) is 1. The minimum absolute atomic E-state index is 0.0670. The summed E-state index contributed by atoms with van der Waals surface area (Å²) in [5, 5.41) is 3.27. The first-order chi connectivity index (χ1) is 7.62.